The van der Waals surface area contributed by atoms with Crippen molar-refractivity contribution in [1.82, 2.24) is 5.32 Å². The van der Waals surface area contributed by atoms with Gasteiger partial charge in [0.15, 0.2) is 0 Å². The van der Waals surface area contributed by atoms with E-state index in [1.165, 1.54) is 23.5 Å². The molecule has 0 bridgehead atoms. The highest BCUT2D eigenvalue weighted by atomic mass is 32.1. The van der Waals surface area contributed by atoms with Crippen molar-refractivity contribution in [2.75, 3.05) is 6.54 Å². The third-order valence-corrected chi connectivity index (χ3v) is 3.87. The van der Waals surface area contributed by atoms with Gasteiger partial charge in [0, 0.05) is 13.0 Å². The maximum absolute atomic E-state index is 12.8. The van der Waals surface area contributed by atoms with Crippen molar-refractivity contribution in [3.05, 3.63) is 52.2 Å². The van der Waals surface area contributed by atoms with Crippen molar-refractivity contribution in [3.63, 3.8) is 0 Å². The Morgan fingerprint density at radius 2 is 1.88 bits per heavy atom. The number of benzene rings is 1. The molecular formula is C16H14F3NO3S. The molecule has 2 aromatic rings. The van der Waals surface area contributed by atoms with Crippen LogP contribution < -0.4 is 10.1 Å². The molecule has 8 heteroatoms. The third-order valence-electron chi connectivity index (χ3n) is 3.00. The molecule has 1 amide bonds. The molecule has 4 nitrogen and oxygen atoms in total. The fourth-order valence-electron chi connectivity index (χ4n) is 1.89. The van der Waals surface area contributed by atoms with Gasteiger partial charge in [0.25, 0.3) is 5.91 Å². The van der Waals surface area contributed by atoms with E-state index >= 15 is 0 Å². The summed E-state index contributed by atoms with van der Waals surface area (Å²) in [4.78, 5) is 23.9. The molecule has 0 unspecified atom stereocenters. The van der Waals surface area contributed by atoms with Crippen LogP contribution >= 0.6 is 11.3 Å². The number of hydrogen-bond acceptors (Lipinski definition) is 4. The number of esters is 1. The Kier molecular flexibility index (Phi) is 5.97. The van der Waals surface area contributed by atoms with Crippen LogP contribution in [0.5, 0.6) is 5.75 Å². The Balaban J connectivity index is 1.79. The molecule has 0 radical (unpaired) electrons. The van der Waals surface area contributed by atoms with Gasteiger partial charge in [-0.25, -0.2) is 0 Å². The van der Waals surface area contributed by atoms with E-state index in [-0.39, 0.29) is 25.3 Å². The van der Waals surface area contributed by atoms with E-state index < -0.39 is 23.5 Å². The molecule has 0 spiro atoms. The normalized spacial score (nSPS) is 11.1. The van der Waals surface area contributed by atoms with Crippen LogP contribution in [0.4, 0.5) is 13.2 Å². The fraction of sp³-hybridized carbons (Fsp3) is 0.250. The first-order valence-corrected chi connectivity index (χ1v) is 7.94. The molecule has 1 N–H and O–H groups in total. The van der Waals surface area contributed by atoms with Crippen LogP contribution in [0.2, 0.25) is 0 Å². The molecule has 0 saturated carbocycles. The number of para-hydroxylation sites is 1. The number of alkyl halides is 3. The van der Waals surface area contributed by atoms with Crippen LogP contribution in [-0.4, -0.2) is 18.4 Å². The number of carbonyl (C=O) groups excluding carboxylic acids is 2. The van der Waals surface area contributed by atoms with E-state index in [0.29, 0.717) is 4.88 Å². The van der Waals surface area contributed by atoms with Gasteiger partial charge in [-0.3, -0.25) is 9.59 Å². The number of hydrogen-bond donors (Lipinski definition) is 1. The van der Waals surface area contributed by atoms with Gasteiger partial charge in [0.05, 0.1) is 10.4 Å². The number of carbonyl (C=O) groups is 2. The van der Waals surface area contributed by atoms with E-state index in [4.69, 9.17) is 4.74 Å². The minimum Gasteiger partial charge on any atom is -0.426 e. The number of ether oxygens (including phenoxy) is 1. The molecular weight excluding hydrogens is 343 g/mol. The molecule has 128 valence electrons. The lowest BCUT2D eigenvalue weighted by atomic mass is 10.2. The van der Waals surface area contributed by atoms with Crippen molar-refractivity contribution in [1.29, 1.82) is 0 Å². The minimum atomic E-state index is -4.59. The summed E-state index contributed by atoms with van der Waals surface area (Å²) in [7, 11) is 0. The Labute approximate surface area is 140 Å². The summed E-state index contributed by atoms with van der Waals surface area (Å²) >= 11 is 1.29. The molecule has 0 saturated heterocycles. The standard InChI is InChI=1S/C16H14F3NO3S/c17-16(18,19)11-5-1-2-6-12(11)23-14(21)8-3-9-20-15(22)13-7-4-10-24-13/h1-2,4-7,10H,3,8-9H2,(H,20,22). The summed E-state index contributed by atoms with van der Waals surface area (Å²) in [6.07, 6.45) is -4.42. The number of thiophene rings is 1. The van der Waals surface area contributed by atoms with Crippen LogP contribution in [0.1, 0.15) is 28.1 Å². The van der Waals surface area contributed by atoms with Crippen molar-refractivity contribution >= 4 is 23.2 Å². The summed E-state index contributed by atoms with van der Waals surface area (Å²) in [6.45, 7) is 0.229. The first-order valence-electron chi connectivity index (χ1n) is 7.06. The van der Waals surface area contributed by atoms with Crippen molar-refractivity contribution in [2.24, 2.45) is 0 Å². The highest BCUT2D eigenvalue weighted by molar-refractivity contribution is 7.12. The highest BCUT2D eigenvalue weighted by Gasteiger charge is 2.34. The molecule has 0 aliphatic carbocycles. The molecule has 0 aliphatic heterocycles. The molecule has 1 aromatic heterocycles. The SMILES string of the molecule is O=C(CCCNC(=O)c1cccs1)Oc1ccccc1C(F)(F)F. The lowest BCUT2D eigenvalue weighted by Crippen LogP contribution is -2.24. The minimum absolute atomic E-state index is 0.100. The zero-order valence-electron chi connectivity index (χ0n) is 12.4. The Bertz CT molecular complexity index is 699. The second-order valence-corrected chi connectivity index (χ2v) is 5.75. The van der Waals surface area contributed by atoms with Crippen molar-refractivity contribution in [2.45, 2.75) is 19.0 Å². The number of halogens is 3. The Morgan fingerprint density at radius 1 is 1.12 bits per heavy atom. The van der Waals surface area contributed by atoms with E-state index in [1.54, 1.807) is 17.5 Å². The van der Waals surface area contributed by atoms with E-state index in [1.807, 2.05) is 0 Å². The Hall–Kier alpha value is -2.35. The zero-order chi connectivity index (χ0) is 17.6. The van der Waals surface area contributed by atoms with Gasteiger partial charge in [-0.15, -0.1) is 11.3 Å². The summed E-state index contributed by atoms with van der Waals surface area (Å²) in [5.74, 6) is -1.55. The van der Waals surface area contributed by atoms with Crippen LogP contribution in [0.25, 0.3) is 0 Å². The predicted molar refractivity (Wildman–Crippen MR) is 83.0 cm³/mol. The molecule has 0 atom stereocenters. The average molecular weight is 357 g/mol. The van der Waals surface area contributed by atoms with Gasteiger partial charge < -0.3 is 10.1 Å². The van der Waals surface area contributed by atoms with E-state index in [0.717, 1.165) is 12.1 Å². The first kappa shape index (κ1) is 18.0. The topological polar surface area (TPSA) is 55.4 Å². The number of nitrogens with one attached hydrogen (secondary N) is 1. The summed E-state index contributed by atoms with van der Waals surface area (Å²) in [5, 5.41) is 4.39. The van der Waals surface area contributed by atoms with Crippen LogP contribution in [0, 0.1) is 0 Å². The van der Waals surface area contributed by atoms with Gasteiger partial charge in [-0.05, 0) is 30.0 Å². The first-order chi connectivity index (χ1) is 11.4. The number of rotatable bonds is 6. The molecule has 1 aromatic carbocycles. The van der Waals surface area contributed by atoms with Gasteiger partial charge in [0.1, 0.15) is 5.75 Å². The zero-order valence-corrected chi connectivity index (χ0v) is 13.2. The maximum Gasteiger partial charge on any atom is 0.419 e. The van der Waals surface area contributed by atoms with Gasteiger partial charge in [-0.2, -0.15) is 13.2 Å². The summed E-state index contributed by atoms with van der Waals surface area (Å²) in [6, 6.07) is 7.94. The lowest BCUT2D eigenvalue weighted by molar-refractivity contribution is -0.142. The van der Waals surface area contributed by atoms with Gasteiger partial charge in [-0.1, -0.05) is 18.2 Å². The molecule has 1 heterocycles. The smallest absolute Gasteiger partial charge is 0.419 e. The highest BCUT2D eigenvalue weighted by Crippen LogP contribution is 2.35. The molecule has 0 fully saturated rings. The second-order valence-electron chi connectivity index (χ2n) is 4.80. The summed E-state index contributed by atoms with van der Waals surface area (Å²) in [5.41, 5.74) is -0.996. The van der Waals surface area contributed by atoms with Crippen molar-refractivity contribution in [3.8, 4) is 5.75 Å². The van der Waals surface area contributed by atoms with Crippen LogP contribution in [0.15, 0.2) is 41.8 Å². The maximum atomic E-state index is 12.8. The number of amides is 1. The largest absolute Gasteiger partial charge is 0.426 e. The molecule has 0 aliphatic rings. The van der Waals surface area contributed by atoms with Crippen LogP contribution in [0.3, 0.4) is 0 Å². The lowest BCUT2D eigenvalue weighted by Gasteiger charge is -2.12. The molecule has 2 rings (SSSR count). The Morgan fingerprint density at radius 3 is 2.54 bits per heavy atom. The van der Waals surface area contributed by atoms with Crippen molar-refractivity contribution < 1.29 is 27.5 Å². The third kappa shape index (κ3) is 5.09. The monoisotopic (exact) mass is 357 g/mol. The van der Waals surface area contributed by atoms with Gasteiger partial charge >= 0.3 is 12.1 Å². The summed E-state index contributed by atoms with van der Waals surface area (Å²) < 4.78 is 43.2. The quantitative estimate of drug-likeness (QED) is 0.485. The molecule has 24 heavy (non-hydrogen) atoms. The fourth-order valence-corrected chi connectivity index (χ4v) is 2.53. The van der Waals surface area contributed by atoms with Crippen LogP contribution in [-0.2, 0) is 11.0 Å². The van der Waals surface area contributed by atoms with Gasteiger partial charge in [0.2, 0.25) is 0 Å². The second kappa shape index (κ2) is 7.96. The van der Waals surface area contributed by atoms with E-state index in [2.05, 4.69) is 5.32 Å². The predicted octanol–water partition coefficient (Wildman–Crippen LogP) is 3.88. The van der Waals surface area contributed by atoms with E-state index in [9.17, 15) is 22.8 Å². The average Bonchev–Trinajstić information content (AvgIpc) is 3.05.